The number of carbonyl (C=O) groups excluding carboxylic acids is 1. The highest BCUT2D eigenvalue weighted by Crippen LogP contribution is 2.38. The van der Waals surface area contributed by atoms with Crippen LogP contribution in [0.5, 0.6) is 0 Å². The normalized spacial score (nSPS) is 14.3. The van der Waals surface area contributed by atoms with E-state index in [4.69, 9.17) is 9.05 Å². The van der Waals surface area contributed by atoms with Crippen LogP contribution in [0.2, 0.25) is 0 Å². The van der Waals surface area contributed by atoms with Crippen molar-refractivity contribution < 1.29 is 32.9 Å². The topological polar surface area (TPSA) is 108 Å². The summed E-state index contributed by atoms with van der Waals surface area (Å²) in [5.41, 5.74) is 0. The maximum Gasteiger partial charge on any atom is 0.268 e. The van der Waals surface area contributed by atoms with Crippen LogP contribution in [-0.2, 0) is 18.4 Å². The van der Waals surface area contributed by atoms with Crippen molar-refractivity contribution in [2.75, 3.05) is 40.9 Å². The van der Waals surface area contributed by atoms with Gasteiger partial charge in [0.25, 0.3) is 7.82 Å². The van der Waals surface area contributed by atoms with Gasteiger partial charge < -0.3 is 28.8 Å². The van der Waals surface area contributed by atoms with Gasteiger partial charge in [-0.1, -0.05) is 230 Å². The number of likely N-dealkylation sites (N-methyl/N-ethyl adjacent to an activating group) is 1. The van der Waals surface area contributed by atoms with Gasteiger partial charge in [0.15, 0.2) is 0 Å². The summed E-state index contributed by atoms with van der Waals surface area (Å²) in [5.74, 6) is -0.167. The van der Waals surface area contributed by atoms with Gasteiger partial charge >= 0.3 is 0 Å². The molecule has 0 heterocycles. The molecule has 0 fully saturated rings. The largest absolute Gasteiger partial charge is 0.756 e. The van der Waals surface area contributed by atoms with Gasteiger partial charge in [-0.15, -0.1) is 0 Å². The molecule has 0 rings (SSSR count). The number of aliphatic hydroxyl groups excluding tert-OH is 1. The molecular formula is C54H105N2O6P. The number of phosphoric ester groups is 1. The quantitative estimate of drug-likeness (QED) is 0.0272. The molecule has 0 bridgehead atoms. The second kappa shape index (κ2) is 45.9. The molecule has 3 unspecified atom stereocenters. The Balaban J connectivity index is 4.21. The first-order chi connectivity index (χ1) is 30.5. The van der Waals surface area contributed by atoms with E-state index in [0.29, 0.717) is 23.9 Å². The summed E-state index contributed by atoms with van der Waals surface area (Å²) in [6, 6.07) is -0.802. The Morgan fingerprint density at radius 2 is 0.921 bits per heavy atom. The molecule has 0 saturated carbocycles. The number of nitrogens with one attached hydrogen (secondary N) is 1. The van der Waals surface area contributed by atoms with Crippen LogP contribution in [0.15, 0.2) is 36.5 Å². The molecule has 63 heavy (non-hydrogen) atoms. The van der Waals surface area contributed by atoms with Crippen LogP contribution in [0, 0.1) is 0 Å². The molecule has 0 aliphatic rings. The Hall–Kier alpha value is -1.28. The van der Waals surface area contributed by atoms with Crippen molar-refractivity contribution in [1.29, 1.82) is 0 Å². The standard InChI is InChI=1S/C54H105N2O6P/c1-6-8-10-12-14-16-18-20-22-24-25-26-27-28-29-30-31-32-34-36-38-40-42-44-46-48-54(58)55-52(51-62-63(59,60)61-50-49-56(3,4)5)53(57)47-45-43-41-39-37-35-33-23-21-19-17-15-13-11-9-7-2/h18,20,24-25,27-28,52-53,57H,6-17,19,21-23,26,29-51H2,1-5H3,(H-,55,58,59,60)/b20-18-,25-24-,28-27-. The monoisotopic (exact) mass is 909 g/mol. The average molecular weight is 909 g/mol. The second-order valence-electron chi connectivity index (χ2n) is 19.6. The summed E-state index contributed by atoms with van der Waals surface area (Å²) in [4.78, 5) is 25.5. The SMILES string of the molecule is CCCCCCC/C=C\C/C=C\C/C=C\CCCCCCCCCCCCC(=O)NC(COP(=O)([O-])OCC[N+](C)(C)C)C(O)CCCCCCCCCCCCCCCCCC. The van der Waals surface area contributed by atoms with Gasteiger partial charge in [-0.25, -0.2) is 0 Å². The Bertz CT molecular complexity index is 1120. The number of carbonyl (C=O) groups is 1. The minimum Gasteiger partial charge on any atom is -0.756 e. The van der Waals surface area contributed by atoms with Gasteiger partial charge in [-0.2, -0.15) is 0 Å². The van der Waals surface area contributed by atoms with Gasteiger partial charge in [-0.05, 0) is 51.4 Å². The third-order valence-corrected chi connectivity index (χ3v) is 13.1. The highest BCUT2D eigenvalue weighted by atomic mass is 31.2. The summed E-state index contributed by atoms with van der Waals surface area (Å²) in [5, 5.41) is 14.0. The van der Waals surface area contributed by atoms with Gasteiger partial charge in [0.2, 0.25) is 5.91 Å². The van der Waals surface area contributed by atoms with Crippen LogP contribution in [0.1, 0.15) is 251 Å². The maximum atomic E-state index is 13.0. The number of allylic oxidation sites excluding steroid dienone is 6. The number of amides is 1. The molecule has 0 aromatic carbocycles. The first-order valence-corrected chi connectivity index (χ1v) is 28.3. The van der Waals surface area contributed by atoms with E-state index in [1.54, 1.807) is 0 Å². The predicted octanol–water partition coefficient (Wildman–Crippen LogP) is 15.2. The van der Waals surface area contributed by atoms with Crippen molar-refractivity contribution in [2.24, 2.45) is 0 Å². The van der Waals surface area contributed by atoms with E-state index in [9.17, 15) is 19.4 Å². The summed E-state index contributed by atoms with van der Waals surface area (Å²) in [6.45, 7) is 4.72. The molecule has 0 aromatic heterocycles. The van der Waals surface area contributed by atoms with Crippen LogP contribution in [-0.4, -0.2) is 68.5 Å². The lowest BCUT2D eigenvalue weighted by Gasteiger charge is -2.30. The lowest BCUT2D eigenvalue weighted by Crippen LogP contribution is -2.46. The van der Waals surface area contributed by atoms with E-state index in [2.05, 4.69) is 55.6 Å². The number of unbranched alkanes of at least 4 members (excludes halogenated alkanes) is 30. The number of rotatable bonds is 49. The molecule has 0 aliphatic heterocycles. The van der Waals surface area contributed by atoms with Gasteiger partial charge in [0, 0.05) is 6.42 Å². The Kier molecular flexibility index (Phi) is 44.9. The fourth-order valence-electron chi connectivity index (χ4n) is 7.87. The summed E-state index contributed by atoms with van der Waals surface area (Å²) >= 11 is 0. The lowest BCUT2D eigenvalue weighted by molar-refractivity contribution is -0.870. The third kappa shape index (κ3) is 48.5. The van der Waals surface area contributed by atoms with Crippen molar-refractivity contribution in [2.45, 2.75) is 264 Å². The van der Waals surface area contributed by atoms with E-state index in [1.807, 2.05) is 21.1 Å². The van der Waals surface area contributed by atoms with Crippen LogP contribution in [0.3, 0.4) is 0 Å². The highest BCUT2D eigenvalue weighted by Gasteiger charge is 2.24. The van der Waals surface area contributed by atoms with E-state index in [-0.39, 0.29) is 19.1 Å². The smallest absolute Gasteiger partial charge is 0.268 e. The van der Waals surface area contributed by atoms with Crippen LogP contribution in [0.25, 0.3) is 0 Å². The number of hydrogen-bond acceptors (Lipinski definition) is 6. The Morgan fingerprint density at radius 1 is 0.556 bits per heavy atom. The average Bonchev–Trinajstić information content (AvgIpc) is 3.24. The maximum absolute atomic E-state index is 13.0. The molecule has 0 saturated heterocycles. The molecule has 0 aliphatic carbocycles. The molecule has 0 aromatic rings. The fraction of sp³-hybridized carbons (Fsp3) is 0.870. The number of aliphatic hydroxyl groups is 1. The minimum atomic E-state index is -4.57. The molecule has 8 nitrogen and oxygen atoms in total. The first-order valence-electron chi connectivity index (χ1n) is 26.8. The van der Waals surface area contributed by atoms with Crippen molar-refractivity contribution in [3.05, 3.63) is 36.5 Å². The molecule has 1 amide bonds. The Labute approximate surface area is 391 Å². The number of quaternary nitrogens is 1. The summed E-state index contributed by atoms with van der Waals surface area (Å²) in [6.07, 6.45) is 57.3. The number of hydrogen-bond donors (Lipinski definition) is 2. The van der Waals surface area contributed by atoms with Gasteiger partial charge in [0.1, 0.15) is 13.2 Å². The fourth-order valence-corrected chi connectivity index (χ4v) is 8.59. The van der Waals surface area contributed by atoms with Crippen molar-refractivity contribution in [3.8, 4) is 0 Å². The first kappa shape index (κ1) is 61.7. The molecular weight excluding hydrogens is 804 g/mol. The van der Waals surface area contributed by atoms with E-state index < -0.39 is 20.0 Å². The Morgan fingerprint density at radius 3 is 1.33 bits per heavy atom. The van der Waals surface area contributed by atoms with Crippen LogP contribution >= 0.6 is 7.82 Å². The minimum absolute atomic E-state index is 0.0113. The van der Waals surface area contributed by atoms with Gasteiger partial charge in [0.05, 0.1) is 39.9 Å². The lowest BCUT2D eigenvalue weighted by atomic mass is 10.0. The molecule has 0 spiro atoms. The van der Waals surface area contributed by atoms with E-state index in [1.165, 1.54) is 173 Å². The zero-order chi connectivity index (χ0) is 46.4. The second-order valence-corrected chi connectivity index (χ2v) is 21.0. The predicted molar refractivity (Wildman–Crippen MR) is 270 cm³/mol. The molecule has 3 atom stereocenters. The third-order valence-electron chi connectivity index (χ3n) is 12.1. The van der Waals surface area contributed by atoms with Crippen molar-refractivity contribution in [3.63, 3.8) is 0 Å². The molecule has 2 N–H and O–H groups in total. The zero-order valence-corrected chi connectivity index (χ0v) is 43.2. The summed E-state index contributed by atoms with van der Waals surface area (Å²) in [7, 11) is 1.31. The van der Waals surface area contributed by atoms with Crippen molar-refractivity contribution >= 4 is 13.7 Å². The van der Waals surface area contributed by atoms with Crippen molar-refractivity contribution in [1.82, 2.24) is 5.32 Å². The molecule has 9 heteroatoms. The molecule has 0 radical (unpaired) electrons. The summed E-state index contributed by atoms with van der Waals surface area (Å²) < 4.78 is 23.4. The number of nitrogens with zero attached hydrogens (tertiary/aromatic N) is 1. The number of phosphoric acid groups is 1. The molecule has 372 valence electrons. The zero-order valence-electron chi connectivity index (χ0n) is 42.3. The highest BCUT2D eigenvalue weighted by molar-refractivity contribution is 7.45. The van der Waals surface area contributed by atoms with E-state index in [0.717, 1.165) is 51.4 Å². The van der Waals surface area contributed by atoms with E-state index >= 15 is 0 Å². The van der Waals surface area contributed by atoms with Gasteiger partial charge in [-0.3, -0.25) is 9.36 Å². The van der Waals surface area contributed by atoms with Crippen LogP contribution < -0.4 is 10.2 Å². The van der Waals surface area contributed by atoms with Crippen LogP contribution in [0.4, 0.5) is 0 Å².